The molecular weight excluding hydrogens is 448 g/mol. The molecule has 0 radical (unpaired) electrons. The van der Waals surface area contributed by atoms with Crippen LogP contribution in [0.15, 0.2) is 53.9 Å². The Morgan fingerprint density at radius 3 is 2.26 bits per heavy atom. The second-order valence-corrected chi connectivity index (χ2v) is 9.77. The number of benzene rings is 2. The van der Waals surface area contributed by atoms with Gasteiger partial charge in [0.1, 0.15) is 0 Å². The lowest BCUT2D eigenvalue weighted by atomic mass is 9.81. The molecular formula is C27H30N2O4S. The van der Waals surface area contributed by atoms with Gasteiger partial charge < -0.3 is 19.3 Å². The van der Waals surface area contributed by atoms with Crippen molar-refractivity contribution in [2.75, 3.05) is 33.2 Å². The molecule has 0 N–H and O–H groups in total. The molecule has 2 heterocycles. The number of thiophene rings is 1. The van der Waals surface area contributed by atoms with E-state index in [9.17, 15) is 9.59 Å². The molecule has 0 unspecified atom stereocenters. The average Bonchev–Trinajstić information content (AvgIpc) is 3.38. The molecule has 0 fully saturated rings. The standard InChI is InChI=1S/C27H30N2O4S/c1-16(2)17-9-11-18(12-10-17)28(3)27(31)24-19-14-21(32-5)22(33-6)15-20(19)26(30)29(4)25(24)23-8-7-13-34-23/h7-16,24-25H,1-6H3/t24-,25+/m0/s1. The molecule has 4 rings (SSSR count). The second kappa shape index (κ2) is 9.50. The molecule has 1 aliphatic rings. The lowest BCUT2D eigenvalue weighted by Crippen LogP contribution is -2.46. The SMILES string of the molecule is COc1cc2c(cc1OC)[C@H](C(=O)N(C)c1ccc(C(C)C)cc1)[C@@H](c1cccs1)N(C)C2=O. The van der Waals surface area contributed by atoms with Gasteiger partial charge in [0.15, 0.2) is 11.5 Å². The molecule has 2 atom stereocenters. The summed E-state index contributed by atoms with van der Waals surface area (Å²) in [6, 6.07) is 15.0. The van der Waals surface area contributed by atoms with Gasteiger partial charge in [0, 0.05) is 30.2 Å². The quantitative estimate of drug-likeness (QED) is 0.472. The summed E-state index contributed by atoms with van der Waals surface area (Å²) in [5, 5.41) is 1.97. The van der Waals surface area contributed by atoms with Crippen molar-refractivity contribution < 1.29 is 19.1 Å². The number of rotatable bonds is 6. The van der Waals surface area contributed by atoms with Gasteiger partial charge in [-0.1, -0.05) is 32.0 Å². The summed E-state index contributed by atoms with van der Waals surface area (Å²) in [5.74, 6) is 0.508. The molecule has 0 spiro atoms. The van der Waals surface area contributed by atoms with Crippen molar-refractivity contribution in [3.8, 4) is 11.5 Å². The van der Waals surface area contributed by atoms with Gasteiger partial charge in [0.25, 0.3) is 5.91 Å². The number of hydrogen-bond acceptors (Lipinski definition) is 5. The zero-order valence-corrected chi connectivity index (χ0v) is 21.2. The Balaban J connectivity index is 1.85. The first-order valence-electron chi connectivity index (χ1n) is 11.2. The van der Waals surface area contributed by atoms with Gasteiger partial charge in [-0.3, -0.25) is 9.59 Å². The van der Waals surface area contributed by atoms with Gasteiger partial charge in [-0.15, -0.1) is 11.3 Å². The Bertz CT molecular complexity index is 1190. The van der Waals surface area contributed by atoms with E-state index in [0.29, 0.717) is 28.5 Å². The minimum absolute atomic E-state index is 0.0940. The van der Waals surface area contributed by atoms with E-state index in [1.807, 2.05) is 29.6 Å². The Morgan fingerprint density at radius 2 is 1.71 bits per heavy atom. The minimum Gasteiger partial charge on any atom is -0.493 e. The number of anilines is 1. The molecule has 6 nitrogen and oxygen atoms in total. The van der Waals surface area contributed by atoms with E-state index in [2.05, 4.69) is 26.0 Å². The number of carbonyl (C=O) groups excluding carboxylic acids is 2. The molecule has 178 valence electrons. The maximum atomic E-state index is 14.1. The summed E-state index contributed by atoms with van der Waals surface area (Å²) in [6.07, 6.45) is 0. The van der Waals surface area contributed by atoms with Crippen molar-refractivity contribution in [3.05, 3.63) is 75.5 Å². The molecule has 1 aromatic heterocycles. The third-order valence-corrected chi connectivity index (χ3v) is 7.50. The van der Waals surface area contributed by atoms with Gasteiger partial charge in [-0.05, 0) is 52.8 Å². The van der Waals surface area contributed by atoms with Crippen LogP contribution in [0.4, 0.5) is 5.69 Å². The first-order chi connectivity index (χ1) is 16.3. The summed E-state index contributed by atoms with van der Waals surface area (Å²) in [4.78, 5) is 31.8. The summed E-state index contributed by atoms with van der Waals surface area (Å²) in [6.45, 7) is 4.28. The van der Waals surface area contributed by atoms with Crippen LogP contribution < -0.4 is 14.4 Å². The fourth-order valence-electron chi connectivity index (χ4n) is 4.55. The number of likely N-dealkylation sites (N-methyl/N-ethyl adjacent to an activating group) is 2. The van der Waals surface area contributed by atoms with Gasteiger partial charge in [0.2, 0.25) is 5.91 Å². The zero-order chi connectivity index (χ0) is 24.6. The molecule has 2 aromatic carbocycles. The number of nitrogens with zero attached hydrogens (tertiary/aromatic N) is 2. The fourth-order valence-corrected chi connectivity index (χ4v) is 5.45. The van der Waals surface area contributed by atoms with E-state index < -0.39 is 12.0 Å². The highest BCUT2D eigenvalue weighted by Gasteiger charge is 2.45. The van der Waals surface area contributed by atoms with E-state index in [1.165, 1.54) is 12.7 Å². The van der Waals surface area contributed by atoms with E-state index in [0.717, 1.165) is 10.6 Å². The van der Waals surface area contributed by atoms with E-state index in [4.69, 9.17) is 9.47 Å². The summed E-state index contributed by atoms with van der Waals surface area (Å²) in [5.41, 5.74) is 3.12. The lowest BCUT2D eigenvalue weighted by molar-refractivity contribution is -0.121. The van der Waals surface area contributed by atoms with Gasteiger partial charge in [0.05, 0.1) is 26.2 Å². The Kier molecular flexibility index (Phi) is 6.66. The molecule has 2 amide bonds. The third-order valence-electron chi connectivity index (χ3n) is 6.55. The van der Waals surface area contributed by atoms with Crippen LogP contribution in [0.1, 0.15) is 58.1 Å². The fraction of sp³-hybridized carbons (Fsp3) is 0.333. The average molecular weight is 479 g/mol. The second-order valence-electron chi connectivity index (χ2n) is 8.79. The van der Waals surface area contributed by atoms with Crippen LogP contribution in [0.2, 0.25) is 0 Å². The molecule has 7 heteroatoms. The number of carbonyl (C=O) groups is 2. The van der Waals surface area contributed by atoms with Gasteiger partial charge >= 0.3 is 0 Å². The van der Waals surface area contributed by atoms with Crippen LogP contribution in [0.5, 0.6) is 11.5 Å². The topological polar surface area (TPSA) is 59.1 Å². The summed E-state index contributed by atoms with van der Waals surface area (Å²) < 4.78 is 11.0. The molecule has 0 bridgehead atoms. The molecule has 1 aliphatic heterocycles. The Morgan fingerprint density at radius 1 is 1.06 bits per heavy atom. The monoisotopic (exact) mass is 478 g/mol. The Labute approximate surface area is 204 Å². The normalized spacial score (nSPS) is 17.5. The predicted octanol–water partition coefficient (Wildman–Crippen LogP) is 5.46. The highest BCUT2D eigenvalue weighted by Crippen LogP contribution is 2.47. The van der Waals surface area contributed by atoms with E-state index in [-0.39, 0.29) is 11.8 Å². The molecule has 0 saturated carbocycles. The number of fused-ring (bicyclic) bond motifs is 1. The maximum absolute atomic E-state index is 14.1. The molecule has 0 saturated heterocycles. The van der Waals surface area contributed by atoms with Crippen LogP contribution in [-0.4, -0.2) is 45.0 Å². The first-order valence-corrected chi connectivity index (χ1v) is 12.1. The Hall–Kier alpha value is -3.32. The predicted molar refractivity (Wildman–Crippen MR) is 135 cm³/mol. The largest absolute Gasteiger partial charge is 0.493 e. The van der Waals surface area contributed by atoms with Crippen LogP contribution in [-0.2, 0) is 4.79 Å². The van der Waals surface area contributed by atoms with Gasteiger partial charge in [-0.2, -0.15) is 0 Å². The highest BCUT2D eigenvalue weighted by atomic mass is 32.1. The van der Waals surface area contributed by atoms with Crippen molar-refractivity contribution in [2.45, 2.75) is 31.7 Å². The van der Waals surface area contributed by atoms with Crippen LogP contribution in [0.25, 0.3) is 0 Å². The van der Waals surface area contributed by atoms with Crippen molar-refractivity contribution in [3.63, 3.8) is 0 Å². The minimum atomic E-state index is -0.606. The maximum Gasteiger partial charge on any atom is 0.254 e. The molecule has 0 aliphatic carbocycles. The smallest absolute Gasteiger partial charge is 0.254 e. The van der Waals surface area contributed by atoms with Crippen LogP contribution >= 0.6 is 11.3 Å². The van der Waals surface area contributed by atoms with Crippen molar-refractivity contribution in [1.29, 1.82) is 0 Å². The van der Waals surface area contributed by atoms with E-state index in [1.54, 1.807) is 54.5 Å². The number of hydrogen-bond donors (Lipinski definition) is 0. The zero-order valence-electron chi connectivity index (χ0n) is 20.4. The summed E-state index contributed by atoms with van der Waals surface area (Å²) >= 11 is 1.54. The molecule has 3 aromatic rings. The van der Waals surface area contributed by atoms with E-state index >= 15 is 0 Å². The first kappa shape index (κ1) is 23.8. The van der Waals surface area contributed by atoms with Crippen LogP contribution in [0, 0.1) is 0 Å². The molecule has 34 heavy (non-hydrogen) atoms. The number of amides is 2. The van der Waals surface area contributed by atoms with Crippen molar-refractivity contribution in [1.82, 2.24) is 4.90 Å². The summed E-state index contributed by atoms with van der Waals surface area (Å²) in [7, 11) is 6.63. The third kappa shape index (κ3) is 4.05. The lowest BCUT2D eigenvalue weighted by Gasteiger charge is -2.40. The van der Waals surface area contributed by atoms with Crippen LogP contribution in [0.3, 0.4) is 0 Å². The number of ether oxygens (including phenoxy) is 2. The number of methoxy groups -OCH3 is 2. The van der Waals surface area contributed by atoms with Crippen molar-refractivity contribution >= 4 is 28.8 Å². The van der Waals surface area contributed by atoms with Gasteiger partial charge in [-0.25, -0.2) is 0 Å². The highest BCUT2D eigenvalue weighted by molar-refractivity contribution is 7.10. The van der Waals surface area contributed by atoms with Crippen molar-refractivity contribution in [2.24, 2.45) is 0 Å².